The molecule has 9 heteroatoms. The number of methoxy groups -OCH3 is 2. The lowest BCUT2D eigenvalue weighted by atomic mass is 9.86. The third-order valence-electron chi connectivity index (χ3n) is 10.3. The van der Waals surface area contributed by atoms with Crippen LogP contribution in [-0.4, -0.2) is 69.5 Å². The summed E-state index contributed by atoms with van der Waals surface area (Å²) in [6.07, 6.45) is 4.01. The molecule has 0 aromatic heterocycles. The normalized spacial score (nSPS) is 18.8. The van der Waals surface area contributed by atoms with E-state index in [0.717, 1.165) is 61.2 Å². The molecule has 0 aliphatic carbocycles. The van der Waals surface area contributed by atoms with Crippen molar-refractivity contribution in [3.63, 3.8) is 0 Å². The zero-order chi connectivity index (χ0) is 34.1. The van der Waals surface area contributed by atoms with Crippen LogP contribution >= 0.6 is 0 Å². The molecule has 4 aromatic rings. The number of hydrogen-bond acceptors (Lipinski definition) is 9. The second-order valence-corrected chi connectivity index (χ2v) is 13.4. The number of nitrogens with two attached hydrogens (primary N) is 1. The highest BCUT2D eigenvalue weighted by atomic mass is 16.5. The first-order valence-electron chi connectivity index (χ1n) is 17.3. The number of fused-ring (bicyclic) bond motifs is 2. The number of benzene rings is 4. The quantitative estimate of drug-likeness (QED) is 0.219. The summed E-state index contributed by atoms with van der Waals surface area (Å²) in [5.41, 5.74) is 13.5. The van der Waals surface area contributed by atoms with Gasteiger partial charge in [0.15, 0.2) is 34.5 Å². The first kappa shape index (κ1) is 33.2. The maximum Gasteiger partial charge on any atom is 0.174 e. The van der Waals surface area contributed by atoms with E-state index < -0.39 is 0 Å². The number of nitrogens with zero attached hydrogens (tertiary/aromatic N) is 2. The Kier molecular flexibility index (Phi) is 9.69. The van der Waals surface area contributed by atoms with E-state index in [1.807, 2.05) is 18.2 Å². The van der Waals surface area contributed by atoms with Crippen LogP contribution in [0.3, 0.4) is 0 Å². The Balaban J connectivity index is 1.43. The van der Waals surface area contributed by atoms with E-state index in [4.69, 9.17) is 29.4 Å². The summed E-state index contributed by atoms with van der Waals surface area (Å²) in [7, 11) is 7.67. The monoisotopic (exact) mass is 665 g/mol. The first-order valence-corrected chi connectivity index (χ1v) is 17.3. The van der Waals surface area contributed by atoms with Crippen LogP contribution in [-0.2, 0) is 32.3 Å². The zero-order valence-electron chi connectivity index (χ0n) is 29.0. The van der Waals surface area contributed by atoms with Gasteiger partial charge in [-0.2, -0.15) is 0 Å². The molecule has 0 spiro atoms. The van der Waals surface area contributed by atoms with Crippen LogP contribution in [0.2, 0.25) is 0 Å². The van der Waals surface area contributed by atoms with E-state index in [2.05, 4.69) is 66.4 Å². The van der Waals surface area contributed by atoms with Crippen molar-refractivity contribution in [2.75, 3.05) is 54.6 Å². The number of hydrogen-bond donors (Lipinski definition) is 2. The fraction of sp³-hybridized carbons (Fsp3) is 0.400. The molecule has 9 nitrogen and oxygen atoms in total. The molecule has 2 atom stereocenters. The van der Waals surface area contributed by atoms with Gasteiger partial charge < -0.3 is 34.5 Å². The van der Waals surface area contributed by atoms with Crippen molar-refractivity contribution in [2.45, 2.75) is 50.8 Å². The van der Waals surface area contributed by atoms with E-state index in [9.17, 15) is 5.11 Å². The Bertz CT molecular complexity index is 1810. The second kappa shape index (κ2) is 14.3. The van der Waals surface area contributed by atoms with Crippen molar-refractivity contribution >= 4 is 0 Å². The van der Waals surface area contributed by atoms with Crippen molar-refractivity contribution in [3.05, 3.63) is 99.6 Å². The SMILES string of the molecule is COc1cc2c3cc1Oc1c(OC)c(CO)cc4c1C(Cc1ccc(OCCCN)c(c1)Oc1ccc(cc1)CC3N(C)CC2)N(C)CC4. The van der Waals surface area contributed by atoms with E-state index in [-0.39, 0.29) is 18.7 Å². The van der Waals surface area contributed by atoms with Gasteiger partial charge in [-0.15, -0.1) is 0 Å². The topological polar surface area (TPSA) is 98.9 Å². The average Bonchev–Trinajstić information content (AvgIpc) is 3.11. The molecular weight excluding hydrogens is 618 g/mol. The molecule has 4 aliphatic rings. The summed E-state index contributed by atoms with van der Waals surface area (Å²) >= 11 is 0. The summed E-state index contributed by atoms with van der Waals surface area (Å²) in [5.74, 6) is 4.59. The van der Waals surface area contributed by atoms with Crippen molar-refractivity contribution < 1.29 is 28.8 Å². The molecule has 0 fully saturated rings. The molecule has 4 aromatic carbocycles. The molecule has 0 amide bonds. The predicted molar refractivity (Wildman–Crippen MR) is 190 cm³/mol. The Labute approximate surface area is 289 Å². The Morgan fingerprint density at radius 1 is 0.796 bits per heavy atom. The molecule has 49 heavy (non-hydrogen) atoms. The number of ether oxygens (including phenoxy) is 5. The van der Waals surface area contributed by atoms with Crippen LogP contribution in [0.4, 0.5) is 0 Å². The Morgan fingerprint density at radius 3 is 2.24 bits per heavy atom. The van der Waals surface area contributed by atoms with Crippen LogP contribution < -0.4 is 29.4 Å². The fourth-order valence-electron chi connectivity index (χ4n) is 7.57. The van der Waals surface area contributed by atoms with Gasteiger partial charge in [0.1, 0.15) is 5.75 Å². The molecule has 8 rings (SSSR count). The molecule has 2 unspecified atom stereocenters. The molecule has 4 heterocycles. The molecule has 0 saturated carbocycles. The lowest BCUT2D eigenvalue weighted by molar-refractivity contribution is 0.219. The lowest BCUT2D eigenvalue weighted by Crippen LogP contribution is -2.34. The second-order valence-electron chi connectivity index (χ2n) is 13.4. The maximum absolute atomic E-state index is 10.5. The highest BCUT2D eigenvalue weighted by Crippen LogP contribution is 2.50. The van der Waals surface area contributed by atoms with Crippen LogP contribution in [0.25, 0.3) is 0 Å². The van der Waals surface area contributed by atoms with E-state index in [0.29, 0.717) is 59.6 Å². The molecule has 258 valence electrons. The van der Waals surface area contributed by atoms with Crippen molar-refractivity contribution in [3.8, 4) is 40.2 Å². The van der Waals surface area contributed by atoms with Crippen LogP contribution in [0.5, 0.6) is 40.2 Å². The van der Waals surface area contributed by atoms with Gasteiger partial charge in [0.05, 0.1) is 27.4 Å². The highest BCUT2D eigenvalue weighted by molar-refractivity contribution is 5.61. The molecule has 3 N–H and O–H groups in total. The summed E-state index contributed by atoms with van der Waals surface area (Å²) in [6, 6.07) is 21.0. The molecule has 4 aliphatic heterocycles. The zero-order valence-corrected chi connectivity index (χ0v) is 29.0. The fourth-order valence-corrected chi connectivity index (χ4v) is 7.57. The average molecular weight is 666 g/mol. The van der Waals surface area contributed by atoms with Crippen molar-refractivity contribution in [2.24, 2.45) is 5.73 Å². The third-order valence-corrected chi connectivity index (χ3v) is 10.3. The minimum Gasteiger partial charge on any atom is -0.493 e. The number of aliphatic hydroxyl groups excluding tert-OH is 1. The number of aliphatic hydroxyl groups is 1. The maximum atomic E-state index is 10.5. The molecule has 0 radical (unpaired) electrons. The van der Waals surface area contributed by atoms with Gasteiger partial charge in [-0.1, -0.05) is 18.2 Å². The first-order chi connectivity index (χ1) is 23.9. The van der Waals surface area contributed by atoms with Gasteiger partial charge in [0, 0.05) is 36.3 Å². The largest absolute Gasteiger partial charge is 0.493 e. The minimum absolute atomic E-state index is 0.0436. The third kappa shape index (κ3) is 6.56. The van der Waals surface area contributed by atoms with Gasteiger partial charge in [0.2, 0.25) is 0 Å². The number of likely N-dealkylation sites (N-methyl/N-ethyl adjacent to an activating group) is 2. The number of rotatable bonds is 7. The van der Waals surface area contributed by atoms with E-state index in [1.165, 1.54) is 16.7 Å². The van der Waals surface area contributed by atoms with Crippen molar-refractivity contribution in [1.82, 2.24) is 9.80 Å². The summed E-state index contributed by atoms with van der Waals surface area (Å²) in [6.45, 7) is 2.71. The molecule has 6 bridgehead atoms. The van der Waals surface area contributed by atoms with Crippen LogP contribution in [0.1, 0.15) is 57.4 Å². The molecule has 0 saturated heterocycles. The Morgan fingerprint density at radius 2 is 1.51 bits per heavy atom. The van der Waals surface area contributed by atoms with Crippen LogP contribution in [0, 0.1) is 0 Å². The van der Waals surface area contributed by atoms with Gasteiger partial charge in [0.25, 0.3) is 0 Å². The van der Waals surface area contributed by atoms with Gasteiger partial charge in [-0.05, 0) is 123 Å². The minimum atomic E-state index is -0.160. The molecular formula is C40H47N3O6. The lowest BCUT2D eigenvalue weighted by Gasteiger charge is -2.37. The smallest absolute Gasteiger partial charge is 0.174 e. The van der Waals surface area contributed by atoms with Gasteiger partial charge in [-0.25, -0.2) is 0 Å². The van der Waals surface area contributed by atoms with Crippen LogP contribution in [0.15, 0.2) is 60.7 Å². The summed E-state index contributed by atoms with van der Waals surface area (Å²) < 4.78 is 31.7. The predicted octanol–water partition coefficient (Wildman–Crippen LogP) is 6.37. The van der Waals surface area contributed by atoms with Gasteiger partial charge in [-0.3, -0.25) is 9.80 Å². The van der Waals surface area contributed by atoms with E-state index >= 15 is 0 Å². The summed E-state index contributed by atoms with van der Waals surface area (Å²) in [4.78, 5) is 4.78. The highest BCUT2D eigenvalue weighted by Gasteiger charge is 2.34. The van der Waals surface area contributed by atoms with E-state index in [1.54, 1.807) is 14.2 Å². The van der Waals surface area contributed by atoms with Crippen molar-refractivity contribution in [1.29, 1.82) is 0 Å². The Hall–Kier alpha value is -4.28. The summed E-state index contributed by atoms with van der Waals surface area (Å²) in [5, 5.41) is 10.5. The van der Waals surface area contributed by atoms with Gasteiger partial charge >= 0.3 is 0 Å². The standard InChI is InChI=1S/C40H47N3O6/c1-42-15-12-27-22-35(45-3)37-23-31(27)32(42)18-25-6-9-30(10-7-25)48-36-20-26(8-11-34(36)47-17-5-14-41)19-33-38-28(13-16-43(33)2)21-29(24-44)39(46-4)40(38)49-37/h6-11,20-23,32-33,44H,5,12-19,24,41H2,1-4H3.